The molecule has 1 aliphatic heterocycles. The molecule has 0 bridgehead atoms. The van der Waals surface area contributed by atoms with Crippen LogP contribution in [0, 0.1) is 0 Å². The summed E-state index contributed by atoms with van der Waals surface area (Å²) >= 11 is 5.77. The third-order valence-electron chi connectivity index (χ3n) is 3.32. The average molecular weight is 347 g/mol. The lowest BCUT2D eigenvalue weighted by atomic mass is 10.2. The van der Waals surface area contributed by atoms with Gasteiger partial charge in [-0.15, -0.1) is 0 Å². The van der Waals surface area contributed by atoms with Crippen LogP contribution in [0.5, 0.6) is 0 Å². The molecular weight excluding hydrogens is 328 g/mol. The standard InChI is InChI=1S/C14H19ClN2O4S/c1-11(14(18)17-6-8-21-9-7-17)16-22(19,20)10-12-2-4-13(15)5-3-12/h2-5,11,16H,6-10H2,1H3/t11-/m1/s1. The second-order valence-electron chi connectivity index (χ2n) is 5.16. The highest BCUT2D eigenvalue weighted by Gasteiger charge is 2.26. The zero-order valence-corrected chi connectivity index (χ0v) is 13.9. The van der Waals surface area contributed by atoms with Crippen LogP contribution in [0.3, 0.4) is 0 Å². The molecule has 1 saturated heterocycles. The van der Waals surface area contributed by atoms with Gasteiger partial charge in [-0.1, -0.05) is 23.7 Å². The van der Waals surface area contributed by atoms with Crippen LogP contribution in [0.2, 0.25) is 5.02 Å². The molecule has 1 heterocycles. The van der Waals surface area contributed by atoms with Crippen molar-refractivity contribution in [3.05, 3.63) is 34.9 Å². The van der Waals surface area contributed by atoms with E-state index in [1.807, 2.05) is 0 Å². The van der Waals surface area contributed by atoms with Crippen molar-refractivity contribution in [2.24, 2.45) is 0 Å². The van der Waals surface area contributed by atoms with Crippen LogP contribution in [0.1, 0.15) is 12.5 Å². The van der Waals surface area contributed by atoms with Crippen molar-refractivity contribution in [1.29, 1.82) is 0 Å². The average Bonchev–Trinajstić information content (AvgIpc) is 2.49. The first-order valence-electron chi connectivity index (χ1n) is 6.98. The highest BCUT2D eigenvalue weighted by molar-refractivity contribution is 7.88. The minimum atomic E-state index is -3.60. The second-order valence-corrected chi connectivity index (χ2v) is 7.35. The first-order valence-corrected chi connectivity index (χ1v) is 9.01. The predicted molar refractivity (Wildman–Crippen MR) is 84.1 cm³/mol. The molecule has 1 aliphatic rings. The Balaban J connectivity index is 1.95. The lowest BCUT2D eigenvalue weighted by Crippen LogP contribution is -2.50. The van der Waals surface area contributed by atoms with E-state index in [9.17, 15) is 13.2 Å². The maximum absolute atomic E-state index is 12.2. The number of hydrogen-bond acceptors (Lipinski definition) is 4. The van der Waals surface area contributed by atoms with Gasteiger partial charge < -0.3 is 9.64 Å². The van der Waals surface area contributed by atoms with Crippen LogP contribution < -0.4 is 4.72 Å². The number of nitrogens with zero attached hydrogens (tertiary/aromatic N) is 1. The van der Waals surface area contributed by atoms with E-state index in [2.05, 4.69) is 4.72 Å². The van der Waals surface area contributed by atoms with Crippen molar-refractivity contribution in [3.63, 3.8) is 0 Å². The number of rotatable bonds is 5. The van der Waals surface area contributed by atoms with Crippen molar-refractivity contribution >= 4 is 27.5 Å². The van der Waals surface area contributed by atoms with Gasteiger partial charge in [-0.3, -0.25) is 4.79 Å². The van der Waals surface area contributed by atoms with Gasteiger partial charge in [0.25, 0.3) is 0 Å². The Kier molecular flexibility index (Phi) is 5.80. The Morgan fingerprint density at radius 1 is 1.32 bits per heavy atom. The van der Waals surface area contributed by atoms with Crippen molar-refractivity contribution in [2.45, 2.75) is 18.7 Å². The summed E-state index contributed by atoms with van der Waals surface area (Å²) in [5.41, 5.74) is 0.614. The Morgan fingerprint density at radius 2 is 1.91 bits per heavy atom. The molecule has 1 aromatic rings. The molecule has 6 nitrogen and oxygen atoms in total. The van der Waals surface area contributed by atoms with Gasteiger partial charge >= 0.3 is 0 Å². The van der Waals surface area contributed by atoms with Gasteiger partial charge in [-0.2, -0.15) is 0 Å². The number of hydrogen-bond donors (Lipinski definition) is 1. The van der Waals surface area contributed by atoms with Crippen molar-refractivity contribution in [3.8, 4) is 0 Å². The normalized spacial score (nSPS) is 17.3. The molecule has 122 valence electrons. The summed E-state index contributed by atoms with van der Waals surface area (Å²) in [5.74, 6) is -0.423. The largest absolute Gasteiger partial charge is 0.378 e. The molecule has 1 amide bonds. The maximum atomic E-state index is 12.2. The molecular formula is C14H19ClN2O4S. The van der Waals surface area contributed by atoms with E-state index in [0.29, 0.717) is 36.9 Å². The quantitative estimate of drug-likeness (QED) is 0.863. The Bertz CT molecular complexity index is 612. The van der Waals surface area contributed by atoms with E-state index in [-0.39, 0.29) is 11.7 Å². The van der Waals surface area contributed by atoms with Crippen molar-refractivity contribution in [2.75, 3.05) is 26.3 Å². The monoisotopic (exact) mass is 346 g/mol. The SMILES string of the molecule is C[C@@H](NS(=O)(=O)Cc1ccc(Cl)cc1)C(=O)N1CCOCC1. The molecule has 8 heteroatoms. The van der Waals surface area contributed by atoms with Gasteiger partial charge in [0.2, 0.25) is 15.9 Å². The van der Waals surface area contributed by atoms with Crippen LogP contribution in [-0.4, -0.2) is 51.6 Å². The maximum Gasteiger partial charge on any atom is 0.240 e. The van der Waals surface area contributed by atoms with Gasteiger partial charge in [0, 0.05) is 18.1 Å². The van der Waals surface area contributed by atoms with E-state index in [0.717, 1.165) is 0 Å². The fourth-order valence-electron chi connectivity index (χ4n) is 2.22. The number of benzene rings is 1. The summed E-state index contributed by atoms with van der Waals surface area (Å²) in [7, 11) is -3.60. The predicted octanol–water partition coefficient (Wildman–Crippen LogP) is 1.01. The smallest absolute Gasteiger partial charge is 0.240 e. The lowest BCUT2D eigenvalue weighted by molar-refractivity contribution is -0.136. The fraction of sp³-hybridized carbons (Fsp3) is 0.500. The van der Waals surface area contributed by atoms with E-state index >= 15 is 0 Å². The summed E-state index contributed by atoms with van der Waals surface area (Å²) in [6.07, 6.45) is 0. The molecule has 0 unspecified atom stereocenters. The van der Waals surface area contributed by atoms with Crippen LogP contribution in [0.25, 0.3) is 0 Å². The number of halogens is 1. The molecule has 0 spiro atoms. The van der Waals surface area contributed by atoms with E-state index in [1.165, 1.54) is 0 Å². The second kappa shape index (κ2) is 7.41. The third kappa shape index (κ3) is 4.95. The summed E-state index contributed by atoms with van der Waals surface area (Å²) in [4.78, 5) is 13.8. The Labute approximate surface area is 135 Å². The minimum Gasteiger partial charge on any atom is -0.378 e. The molecule has 0 saturated carbocycles. The molecule has 22 heavy (non-hydrogen) atoms. The third-order valence-corrected chi connectivity index (χ3v) is 5.00. The summed E-state index contributed by atoms with van der Waals surface area (Å²) in [5, 5.41) is 0.546. The van der Waals surface area contributed by atoms with E-state index in [1.54, 1.807) is 36.1 Å². The van der Waals surface area contributed by atoms with Gasteiger partial charge in [-0.05, 0) is 24.6 Å². The number of carbonyl (C=O) groups is 1. The molecule has 0 aliphatic carbocycles. The zero-order valence-electron chi connectivity index (χ0n) is 12.3. The minimum absolute atomic E-state index is 0.190. The van der Waals surface area contributed by atoms with Crippen LogP contribution in [-0.2, 0) is 25.3 Å². The number of ether oxygens (including phenoxy) is 1. The highest BCUT2D eigenvalue weighted by atomic mass is 35.5. The number of carbonyl (C=O) groups excluding carboxylic acids is 1. The van der Waals surface area contributed by atoms with Gasteiger partial charge in [0.15, 0.2) is 0 Å². The van der Waals surface area contributed by atoms with Crippen LogP contribution in [0.15, 0.2) is 24.3 Å². The Morgan fingerprint density at radius 3 is 2.50 bits per heavy atom. The molecule has 1 fully saturated rings. The zero-order chi connectivity index (χ0) is 16.2. The molecule has 2 rings (SSSR count). The number of amides is 1. The van der Waals surface area contributed by atoms with Gasteiger partial charge in [0.05, 0.1) is 25.0 Å². The Hall–Kier alpha value is -1.15. The van der Waals surface area contributed by atoms with Crippen molar-refractivity contribution < 1.29 is 17.9 Å². The number of sulfonamides is 1. The summed E-state index contributed by atoms with van der Waals surface area (Å²) in [6, 6.07) is 5.77. The lowest BCUT2D eigenvalue weighted by Gasteiger charge is -2.29. The van der Waals surface area contributed by atoms with Gasteiger partial charge in [0.1, 0.15) is 0 Å². The van der Waals surface area contributed by atoms with Crippen LogP contribution >= 0.6 is 11.6 Å². The number of morpholine rings is 1. The fourth-order valence-corrected chi connectivity index (χ4v) is 3.70. The molecule has 0 radical (unpaired) electrons. The first-order chi connectivity index (χ1) is 10.4. The molecule has 1 N–H and O–H groups in total. The topological polar surface area (TPSA) is 75.7 Å². The highest BCUT2D eigenvalue weighted by Crippen LogP contribution is 2.12. The molecule has 1 atom stereocenters. The van der Waals surface area contributed by atoms with Crippen molar-refractivity contribution in [1.82, 2.24) is 9.62 Å². The van der Waals surface area contributed by atoms with Gasteiger partial charge in [-0.25, -0.2) is 13.1 Å². The summed E-state index contributed by atoms with van der Waals surface area (Å²) in [6.45, 7) is 3.49. The first kappa shape index (κ1) is 17.2. The molecule has 0 aromatic heterocycles. The van der Waals surface area contributed by atoms with E-state index in [4.69, 9.17) is 16.3 Å². The van der Waals surface area contributed by atoms with E-state index < -0.39 is 16.1 Å². The number of nitrogens with one attached hydrogen (secondary N) is 1. The van der Waals surface area contributed by atoms with Crippen LogP contribution in [0.4, 0.5) is 0 Å². The molecule has 1 aromatic carbocycles. The summed E-state index contributed by atoms with van der Waals surface area (Å²) < 4.78 is 31.9.